The van der Waals surface area contributed by atoms with Crippen molar-refractivity contribution in [3.05, 3.63) is 64.7 Å². The Morgan fingerprint density at radius 3 is 1.90 bits per heavy atom. The number of piperidine rings is 1. The van der Waals surface area contributed by atoms with Gasteiger partial charge in [0.25, 0.3) is 0 Å². The van der Waals surface area contributed by atoms with Crippen molar-refractivity contribution in [2.75, 3.05) is 13.1 Å². The minimum atomic E-state index is -1.44. The van der Waals surface area contributed by atoms with Crippen LogP contribution < -0.4 is 15.2 Å². The highest BCUT2D eigenvalue weighted by Gasteiger charge is 2.21. The molecule has 1 heterocycles. The van der Waals surface area contributed by atoms with Gasteiger partial charge < -0.3 is 20.0 Å². The molecule has 1 aliphatic rings. The molecule has 0 unspecified atom stereocenters. The molecule has 5 nitrogen and oxygen atoms in total. The normalized spacial score (nSPS) is 14.5. The van der Waals surface area contributed by atoms with E-state index in [-0.39, 0.29) is 5.78 Å². The molecule has 1 aliphatic heterocycles. The van der Waals surface area contributed by atoms with E-state index in [0.717, 1.165) is 5.92 Å². The SMILES string of the molecule is CC(C)(Oc1ccc(C(=O)c2ccc(Cl)cc2)cc1)C(=O)[O-].CC1CCNCC1. The molecule has 0 atom stereocenters. The van der Waals surface area contributed by atoms with Crippen molar-refractivity contribution in [3.63, 3.8) is 0 Å². The maximum Gasteiger partial charge on any atom is 0.193 e. The molecule has 2 aromatic carbocycles. The molecule has 0 aromatic heterocycles. The van der Waals surface area contributed by atoms with E-state index in [4.69, 9.17) is 16.3 Å². The van der Waals surface area contributed by atoms with Gasteiger partial charge >= 0.3 is 0 Å². The molecule has 1 saturated heterocycles. The maximum atomic E-state index is 12.3. The number of carboxylic acid groups (broad SMARTS) is 1. The zero-order valence-electron chi connectivity index (χ0n) is 17.0. The molecule has 29 heavy (non-hydrogen) atoms. The lowest BCUT2D eigenvalue weighted by atomic mass is 10.0. The first-order valence-corrected chi connectivity index (χ1v) is 10.1. The third-order valence-electron chi connectivity index (χ3n) is 4.72. The van der Waals surface area contributed by atoms with Gasteiger partial charge in [-0.15, -0.1) is 0 Å². The van der Waals surface area contributed by atoms with Crippen LogP contribution in [0.15, 0.2) is 48.5 Å². The molecule has 0 aliphatic carbocycles. The van der Waals surface area contributed by atoms with Crippen molar-refractivity contribution in [2.45, 2.75) is 39.2 Å². The van der Waals surface area contributed by atoms with Crippen molar-refractivity contribution in [3.8, 4) is 5.75 Å². The fourth-order valence-corrected chi connectivity index (χ4v) is 2.87. The van der Waals surface area contributed by atoms with Gasteiger partial charge in [-0.25, -0.2) is 0 Å². The van der Waals surface area contributed by atoms with Gasteiger partial charge in [0.2, 0.25) is 0 Å². The molecule has 1 N–H and O–H groups in total. The Hall–Kier alpha value is -2.37. The van der Waals surface area contributed by atoms with E-state index in [1.54, 1.807) is 48.5 Å². The smallest absolute Gasteiger partial charge is 0.193 e. The fourth-order valence-electron chi connectivity index (χ4n) is 2.74. The van der Waals surface area contributed by atoms with Crippen LogP contribution in [0.1, 0.15) is 49.5 Å². The van der Waals surface area contributed by atoms with E-state index >= 15 is 0 Å². The summed E-state index contributed by atoms with van der Waals surface area (Å²) in [6.07, 6.45) is 2.75. The maximum absolute atomic E-state index is 12.3. The summed E-state index contributed by atoms with van der Waals surface area (Å²) < 4.78 is 5.33. The minimum absolute atomic E-state index is 0.151. The molecular formula is C23H27ClNO4-. The Morgan fingerprint density at radius 1 is 1.00 bits per heavy atom. The van der Waals surface area contributed by atoms with E-state index in [0.29, 0.717) is 21.9 Å². The second-order valence-corrected chi connectivity index (χ2v) is 8.13. The van der Waals surface area contributed by atoms with Crippen LogP contribution >= 0.6 is 11.6 Å². The first-order chi connectivity index (χ1) is 13.7. The van der Waals surface area contributed by atoms with Crippen LogP contribution in [-0.4, -0.2) is 30.4 Å². The number of nitrogens with one attached hydrogen (secondary N) is 1. The number of hydrogen-bond donors (Lipinski definition) is 1. The largest absolute Gasteiger partial charge is 0.546 e. The van der Waals surface area contributed by atoms with E-state index in [9.17, 15) is 14.7 Å². The van der Waals surface area contributed by atoms with Gasteiger partial charge in [0.05, 0.1) is 5.97 Å². The third-order valence-corrected chi connectivity index (χ3v) is 4.97. The Balaban J connectivity index is 0.000000360. The average molecular weight is 417 g/mol. The summed E-state index contributed by atoms with van der Waals surface area (Å²) in [6, 6.07) is 12.9. The molecule has 0 spiro atoms. The quantitative estimate of drug-likeness (QED) is 0.755. The van der Waals surface area contributed by atoms with E-state index < -0.39 is 11.6 Å². The monoisotopic (exact) mass is 416 g/mol. The second kappa shape index (κ2) is 10.4. The van der Waals surface area contributed by atoms with Crippen LogP contribution in [0.25, 0.3) is 0 Å². The Morgan fingerprint density at radius 2 is 1.48 bits per heavy atom. The van der Waals surface area contributed by atoms with Gasteiger partial charge in [-0.3, -0.25) is 4.79 Å². The number of carboxylic acids is 1. The van der Waals surface area contributed by atoms with E-state index in [2.05, 4.69) is 12.2 Å². The first-order valence-electron chi connectivity index (χ1n) is 9.70. The molecule has 0 bridgehead atoms. The molecule has 6 heteroatoms. The summed E-state index contributed by atoms with van der Waals surface area (Å²) in [5.74, 6) is -0.140. The van der Waals surface area contributed by atoms with E-state index in [1.165, 1.54) is 39.8 Å². The first kappa shape index (κ1) is 22.9. The number of ketones is 1. The highest BCUT2D eigenvalue weighted by atomic mass is 35.5. The highest BCUT2D eigenvalue weighted by Crippen LogP contribution is 2.20. The van der Waals surface area contributed by atoms with Gasteiger partial charge in [-0.2, -0.15) is 0 Å². The lowest BCUT2D eigenvalue weighted by Gasteiger charge is -2.27. The Bertz CT molecular complexity index is 810. The molecular weight excluding hydrogens is 390 g/mol. The molecule has 2 aromatic rings. The summed E-state index contributed by atoms with van der Waals surface area (Å²) in [4.78, 5) is 23.2. The Kier molecular flexibility index (Phi) is 8.23. The number of halogens is 1. The standard InChI is InChI=1S/C17H15ClO4.C6H13N/c1-17(2,16(20)21)22-14-9-5-12(6-10-14)15(19)11-3-7-13(18)8-4-11;1-6-2-4-7-5-3-6/h3-10H,1-2H3,(H,20,21);6-7H,2-5H2,1H3/p-1. The minimum Gasteiger partial charge on any atom is -0.546 e. The summed E-state index contributed by atoms with van der Waals surface area (Å²) in [5, 5.41) is 14.8. The predicted molar refractivity (Wildman–Crippen MR) is 112 cm³/mol. The molecule has 0 radical (unpaired) electrons. The van der Waals surface area contributed by atoms with Crippen molar-refractivity contribution in [1.29, 1.82) is 0 Å². The lowest BCUT2D eigenvalue weighted by Crippen LogP contribution is -2.47. The molecule has 3 rings (SSSR count). The van der Waals surface area contributed by atoms with Crippen molar-refractivity contribution in [2.24, 2.45) is 5.92 Å². The number of hydrogen-bond acceptors (Lipinski definition) is 5. The Labute approximate surface area is 177 Å². The van der Waals surface area contributed by atoms with Crippen molar-refractivity contribution < 1.29 is 19.4 Å². The summed E-state index contributed by atoms with van der Waals surface area (Å²) in [5.41, 5.74) is -0.448. The number of ether oxygens (including phenoxy) is 1. The van der Waals surface area contributed by atoms with E-state index in [1.807, 2.05) is 0 Å². The third kappa shape index (κ3) is 7.18. The van der Waals surface area contributed by atoms with Crippen molar-refractivity contribution in [1.82, 2.24) is 5.32 Å². The molecule has 1 fully saturated rings. The number of rotatable bonds is 5. The number of aliphatic carboxylic acids is 1. The van der Waals surface area contributed by atoms with Crippen molar-refractivity contribution >= 4 is 23.4 Å². The van der Waals surface area contributed by atoms with Gasteiger partial charge in [0.1, 0.15) is 11.4 Å². The van der Waals surface area contributed by atoms with Crippen LogP contribution in [0.2, 0.25) is 5.02 Å². The van der Waals surface area contributed by atoms with Gasteiger partial charge in [-0.05, 0) is 94.2 Å². The van der Waals surface area contributed by atoms with Crippen LogP contribution in [-0.2, 0) is 4.79 Å². The summed E-state index contributed by atoms with van der Waals surface area (Å²) >= 11 is 5.79. The highest BCUT2D eigenvalue weighted by molar-refractivity contribution is 6.30. The van der Waals surface area contributed by atoms with Gasteiger partial charge in [-0.1, -0.05) is 18.5 Å². The lowest BCUT2D eigenvalue weighted by molar-refractivity contribution is -0.320. The average Bonchev–Trinajstić information content (AvgIpc) is 2.69. The van der Waals surface area contributed by atoms with Gasteiger partial charge in [0, 0.05) is 16.1 Å². The second-order valence-electron chi connectivity index (χ2n) is 7.69. The number of carbonyl (C=O) groups excluding carboxylic acids is 2. The number of benzene rings is 2. The van der Waals surface area contributed by atoms with Crippen LogP contribution in [0.5, 0.6) is 5.75 Å². The molecule has 0 amide bonds. The summed E-state index contributed by atoms with van der Waals surface area (Å²) in [7, 11) is 0. The van der Waals surface area contributed by atoms with Crippen LogP contribution in [0.3, 0.4) is 0 Å². The predicted octanol–water partition coefficient (Wildman–Crippen LogP) is 3.48. The molecule has 0 saturated carbocycles. The summed E-state index contributed by atoms with van der Waals surface area (Å²) in [6.45, 7) is 7.59. The van der Waals surface area contributed by atoms with Crippen LogP contribution in [0.4, 0.5) is 0 Å². The topological polar surface area (TPSA) is 78.5 Å². The zero-order valence-corrected chi connectivity index (χ0v) is 17.8. The zero-order chi connectivity index (χ0) is 21.4. The molecule has 156 valence electrons. The number of carbonyl (C=O) groups is 2. The van der Waals surface area contributed by atoms with Gasteiger partial charge in [0.15, 0.2) is 5.78 Å². The fraction of sp³-hybridized carbons (Fsp3) is 0.391. The van der Waals surface area contributed by atoms with Crippen LogP contribution in [0, 0.1) is 5.92 Å².